The number of carbonyl (C=O) groups excluding carboxylic acids is 1. The van der Waals surface area contributed by atoms with Gasteiger partial charge in [-0.05, 0) is 24.8 Å². The zero-order valence-electron chi connectivity index (χ0n) is 11.9. The van der Waals surface area contributed by atoms with Crippen molar-refractivity contribution < 1.29 is 9.53 Å². The molecule has 1 unspecified atom stereocenters. The fourth-order valence-electron chi connectivity index (χ4n) is 3.59. The van der Waals surface area contributed by atoms with Crippen molar-refractivity contribution in [2.24, 2.45) is 0 Å². The van der Waals surface area contributed by atoms with Gasteiger partial charge in [0.1, 0.15) is 11.2 Å². The van der Waals surface area contributed by atoms with E-state index in [0.29, 0.717) is 6.42 Å². The predicted octanol–water partition coefficient (Wildman–Crippen LogP) is 4.11. The fourth-order valence-corrected chi connectivity index (χ4v) is 3.59. The van der Waals surface area contributed by atoms with E-state index in [2.05, 4.69) is 12.1 Å². The Morgan fingerprint density at radius 3 is 2.10 bits per heavy atom. The van der Waals surface area contributed by atoms with Crippen LogP contribution in [0.4, 0.5) is 0 Å². The molecule has 2 aromatic carbocycles. The number of hydrogen-bond acceptors (Lipinski definition) is 2. The number of Topliss-reactive ketones (excluding diaryl/α,β-unsaturated/α-hetero) is 1. The second-order valence-electron chi connectivity index (χ2n) is 6.11. The number of ether oxygens (including phenoxy) is 1. The van der Waals surface area contributed by atoms with Gasteiger partial charge in [-0.2, -0.15) is 0 Å². The van der Waals surface area contributed by atoms with Crippen molar-refractivity contribution in [3.63, 3.8) is 0 Å². The Kier molecular flexibility index (Phi) is 2.76. The van der Waals surface area contributed by atoms with Gasteiger partial charge in [0.25, 0.3) is 0 Å². The highest BCUT2D eigenvalue weighted by Gasteiger charge is 2.73. The minimum absolute atomic E-state index is 0.0706. The highest BCUT2D eigenvalue weighted by molar-refractivity contribution is 5.97. The Balaban J connectivity index is 1.65. The lowest BCUT2D eigenvalue weighted by Crippen LogP contribution is -2.32. The quantitative estimate of drug-likeness (QED) is 0.622. The third-order valence-electron chi connectivity index (χ3n) is 4.97. The Labute approximate surface area is 124 Å². The third kappa shape index (κ3) is 1.86. The maximum absolute atomic E-state index is 12.6. The molecule has 1 saturated carbocycles. The summed E-state index contributed by atoms with van der Waals surface area (Å²) in [7, 11) is 0. The summed E-state index contributed by atoms with van der Waals surface area (Å²) < 4.78 is 6.19. The first-order chi connectivity index (χ1) is 10.3. The summed E-state index contributed by atoms with van der Waals surface area (Å²) in [5.41, 5.74) is 1.46. The number of carbonyl (C=O) groups is 1. The van der Waals surface area contributed by atoms with Crippen LogP contribution in [0, 0.1) is 0 Å². The van der Waals surface area contributed by atoms with Gasteiger partial charge in [-0.1, -0.05) is 60.7 Å². The summed E-state index contributed by atoms with van der Waals surface area (Å²) in [5, 5.41) is 0. The molecule has 21 heavy (non-hydrogen) atoms. The molecule has 1 saturated heterocycles. The Morgan fingerprint density at radius 1 is 0.952 bits per heavy atom. The molecule has 2 nitrogen and oxygen atoms in total. The molecule has 1 spiro atoms. The molecule has 1 aliphatic carbocycles. The molecule has 0 amide bonds. The maximum Gasteiger partial charge on any atom is 0.166 e. The molecule has 1 aliphatic heterocycles. The van der Waals surface area contributed by atoms with Crippen LogP contribution in [0.15, 0.2) is 60.7 Å². The van der Waals surface area contributed by atoms with Crippen molar-refractivity contribution in [3.05, 3.63) is 71.8 Å². The minimum atomic E-state index is -0.389. The molecule has 4 rings (SSSR count). The predicted molar refractivity (Wildman–Crippen MR) is 81.2 cm³/mol. The molecule has 0 N–H and O–H groups in total. The van der Waals surface area contributed by atoms with Crippen molar-refractivity contribution in [1.82, 2.24) is 0 Å². The standard InChI is InChI=1S/C19H18O2/c20-17(15-8-3-1-4-9-15)14-19(16-10-5-2-6-11-16)18(21-19)12-7-13-18/h1-6,8-11H,7,12-14H2. The van der Waals surface area contributed by atoms with Crippen LogP contribution >= 0.6 is 0 Å². The van der Waals surface area contributed by atoms with Crippen molar-refractivity contribution >= 4 is 5.78 Å². The smallest absolute Gasteiger partial charge is 0.166 e. The maximum atomic E-state index is 12.6. The van der Waals surface area contributed by atoms with Crippen LogP contribution in [-0.4, -0.2) is 11.4 Å². The number of ketones is 1. The van der Waals surface area contributed by atoms with Crippen LogP contribution in [0.1, 0.15) is 41.6 Å². The molecule has 1 atom stereocenters. The van der Waals surface area contributed by atoms with Gasteiger partial charge < -0.3 is 4.74 Å². The van der Waals surface area contributed by atoms with E-state index >= 15 is 0 Å². The van der Waals surface area contributed by atoms with Crippen LogP contribution in [0.3, 0.4) is 0 Å². The number of epoxide rings is 1. The van der Waals surface area contributed by atoms with Crippen LogP contribution in [0.25, 0.3) is 0 Å². The van der Waals surface area contributed by atoms with Crippen molar-refractivity contribution in [1.29, 1.82) is 0 Å². The molecule has 1 heterocycles. The molecule has 0 radical (unpaired) electrons. The van der Waals surface area contributed by atoms with E-state index in [9.17, 15) is 4.79 Å². The molecular weight excluding hydrogens is 260 g/mol. The lowest BCUT2D eigenvalue weighted by molar-refractivity contribution is 0.0944. The molecule has 0 aromatic heterocycles. The van der Waals surface area contributed by atoms with Crippen LogP contribution in [0.2, 0.25) is 0 Å². The van der Waals surface area contributed by atoms with Crippen molar-refractivity contribution in [2.75, 3.05) is 0 Å². The minimum Gasteiger partial charge on any atom is -0.357 e. The zero-order chi connectivity index (χ0) is 14.3. The second-order valence-corrected chi connectivity index (χ2v) is 6.11. The highest BCUT2D eigenvalue weighted by atomic mass is 16.6. The van der Waals surface area contributed by atoms with E-state index in [1.807, 2.05) is 48.5 Å². The van der Waals surface area contributed by atoms with Gasteiger partial charge in [-0.15, -0.1) is 0 Å². The van der Waals surface area contributed by atoms with E-state index in [-0.39, 0.29) is 17.0 Å². The van der Waals surface area contributed by atoms with Gasteiger partial charge in [0, 0.05) is 12.0 Å². The van der Waals surface area contributed by atoms with E-state index in [0.717, 1.165) is 24.0 Å². The van der Waals surface area contributed by atoms with E-state index < -0.39 is 0 Å². The fraction of sp³-hybridized carbons (Fsp3) is 0.316. The Hall–Kier alpha value is -1.93. The molecular formula is C19H18O2. The van der Waals surface area contributed by atoms with Gasteiger partial charge >= 0.3 is 0 Å². The van der Waals surface area contributed by atoms with Gasteiger partial charge in [-0.3, -0.25) is 4.79 Å². The molecule has 2 aromatic rings. The molecule has 2 fully saturated rings. The van der Waals surface area contributed by atoms with Crippen LogP contribution < -0.4 is 0 Å². The Bertz CT molecular complexity index is 658. The highest BCUT2D eigenvalue weighted by Crippen LogP contribution is 2.67. The molecule has 2 heteroatoms. The summed E-state index contributed by atoms with van der Waals surface area (Å²) in [6.45, 7) is 0. The largest absolute Gasteiger partial charge is 0.357 e. The lowest BCUT2D eigenvalue weighted by Gasteiger charge is -2.27. The second kappa shape index (κ2) is 4.54. The van der Waals surface area contributed by atoms with Crippen molar-refractivity contribution in [2.45, 2.75) is 36.9 Å². The lowest BCUT2D eigenvalue weighted by atomic mass is 9.71. The summed E-state index contributed by atoms with van der Waals surface area (Å²) in [6.07, 6.45) is 3.79. The summed E-state index contributed by atoms with van der Waals surface area (Å²) >= 11 is 0. The van der Waals surface area contributed by atoms with Gasteiger partial charge in [-0.25, -0.2) is 0 Å². The topological polar surface area (TPSA) is 29.6 Å². The normalized spacial score (nSPS) is 25.3. The van der Waals surface area contributed by atoms with E-state index in [1.165, 1.54) is 6.42 Å². The monoisotopic (exact) mass is 278 g/mol. The summed E-state index contributed by atoms with van der Waals surface area (Å²) in [4.78, 5) is 12.6. The Morgan fingerprint density at radius 2 is 1.57 bits per heavy atom. The van der Waals surface area contributed by atoms with Gasteiger partial charge in [0.2, 0.25) is 0 Å². The number of rotatable bonds is 4. The van der Waals surface area contributed by atoms with E-state index in [1.54, 1.807) is 0 Å². The number of hydrogen-bond donors (Lipinski definition) is 0. The van der Waals surface area contributed by atoms with Crippen LogP contribution in [0.5, 0.6) is 0 Å². The summed E-state index contributed by atoms with van der Waals surface area (Å²) in [6, 6.07) is 19.8. The first-order valence-electron chi connectivity index (χ1n) is 7.60. The van der Waals surface area contributed by atoms with Crippen LogP contribution in [-0.2, 0) is 10.3 Å². The average Bonchev–Trinajstić information content (AvgIpc) is 3.20. The molecule has 2 aliphatic rings. The van der Waals surface area contributed by atoms with Crippen molar-refractivity contribution in [3.8, 4) is 0 Å². The third-order valence-corrected chi connectivity index (χ3v) is 4.97. The molecule has 106 valence electrons. The van der Waals surface area contributed by atoms with Gasteiger partial charge in [0.05, 0.1) is 0 Å². The number of benzene rings is 2. The van der Waals surface area contributed by atoms with E-state index in [4.69, 9.17) is 4.74 Å². The first-order valence-corrected chi connectivity index (χ1v) is 7.60. The SMILES string of the molecule is O=C(CC1(c2ccccc2)OC12CCC2)c1ccccc1. The summed E-state index contributed by atoms with van der Waals surface area (Å²) in [5.74, 6) is 0.170. The average molecular weight is 278 g/mol. The zero-order valence-corrected chi connectivity index (χ0v) is 11.9. The molecule has 0 bridgehead atoms. The first kappa shape index (κ1) is 12.8. The van der Waals surface area contributed by atoms with Gasteiger partial charge in [0.15, 0.2) is 5.78 Å².